The van der Waals surface area contributed by atoms with E-state index in [0.29, 0.717) is 13.2 Å². The monoisotopic (exact) mass is 896 g/mol. The fraction of sp³-hybridized carbons (Fsp3) is 0.345. The van der Waals surface area contributed by atoms with Crippen LogP contribution in [-0.2, 0) is 87.0 Å². The van der Waals surface area contributed by atoms with Crippen molar-refractivity contribution in [2.45, 2.75) is 101 Å². The van der Waals surface area contributed by atoms with Gasteiger partial charge in [0.05, 0.1) is 52.9 Å². The van der Waals surface area contributed by atoms with Crippen LogP contribution in [0.4, 0.5) is 0 Å². The van der Waals surface area contributed by atoms with E-state index >= 15 is 0 Å². The lowest BCUT2D eigenvalue weighted by Gasteiger charge is -2.49. The van der Waals surface area contributed by atoms with Gasteiger partial charge in [-0.05, 0) is 33.4 Å². The number of aliphatic hydroxyl groups is 1. The molecule has 0 saturated carbocycles. The van der Waals surface area contributed by atoms with E-state index in [2.05, 4.69) is 0 Å². The van der Waals surface area contributed by atoms with Crippen molar-refractivity contribution in [3.05, 3.63) is 215 Å². The average molecular weight is 897 g/mol. The molecular weight excluding hydrogens is 837 g/mol. The van der Waals surface area contributed by atoms with E-state index in [9.17, 15) is 5.11 Å². The lowest BCUT2D eigenvalue weighted by atomic mass is 9.96. The predicted octanol–water partition coefficient (Wildman–Crippen LogP) is 8.60. The third-order valence-electron chi connectivity index (χ3n) is 11.7. The smallest absolute Gasteiger partial charge is 0.187 e. The van der Waals surface area contributed by atoms with E-state index in [1.54, 1.807) is 7.11 Å². The third-order valence-corrected chi connectivity index (χ3v) is 11.7. The molecule has 2 fully saturated rings. The first kappa shape index (κ1) is 47.4. The van der Waals surface area contributed by atoms with Gasteiger partial charge >= 0.3 is 0 Å². The molecule has 11 heteroatoms. The molecule has 6 aromatic rings. The van der Waals surface area contributed by atoms with Gasteiger partial charge in [0.2, 0.25) is 0 Å². The summed E-state index contributed by atoms with van der Waals surface area (Å²) in [7, 11) is 1.57. The zero-order chi connectivity index (χ0) is 45.2. The van der Waals surface area contributed by atoms with Gasteiger partial charge in [-0.3, -0.25) is 0 Å². The summed E-state index contributed by atoms with van der Waals surface area (Å²) < 4.78 is 66.4. The zero-order valence-electron chi connectivity index (χ0n) is 37.3. The summed E-state index contributed by atoms with van der Waals surface area (Å²) in [6, 6.07) is 59.4. The Labute approximate surface area is 388 Å². The standard InChI is InChI=1S/C55H60O11/c1-57-55-53(63-37-45-30-18-7-19-31-45)52(50(61-35-43-26-14-5-15-27-43)47(65-55)39-59-33-41-22-10-3-11-23-41)66-54-48(56)51(62-36-44-28-16-6-17-29-44)49(60-34-42-24-12-4-13-25-42)46(64-54)38-58-32-40-20-8-2-9-21-40/h2-31,46-56H,32-39H2,1H3/t46-,47-,48+,49-,50-,51-,52?,53-,54+,55+/m1/s1. The Kier molecular flexibility index (Phi) is 18.0. The highest BCUT2D eigenvalue weighted by molar-refractivity contribution is 5.18. The minimum absolute atomic E-state index is 0.110. The maximum Gasteiger partial charge on any atom is 0.187 e. The Hall–Kier alpha value is -5.12. The van der Waals surface area contributed by atoms with Gasteiger partial charge in [0.25, 0.3) is 0 Å². The molecule has 2 aliphatic heterocycles. The number of benzene rings is 6. The molecule has 1 unspecified atom stereocenters. The maximum absolute atomic E-state index is 12.6. The normalized spacial score (nSPS) is 25.4. The first-order chi connectivity index (χ1) is 32.6. The highest BCUT2D eigenvalue weighted by Crippen LogP contribution is 2.35. The second-order valence-electron chi connectivity index (χ2n) is 16.5. The minimum Gasteiger partial charge on any atom is -0.385 e. The molecule has 1 N–H and O–H groups in total. The second-order valence-corrected chi connectivity index (χ2v) is 16.5. The summed E-state index contributed by atoms with van der Waals surface area (Å²) in [6.07, 6.45) is -9.26. The van der Waals surface area contributed by atoms with Crippen molar-refractivity contribution in [3.8, 4) is 0 Å². The van der Waals surface area contributed by atoms with Crippen molar-refractivity contribution < 1.29 is 52.5 Å². The molecule has 2 aliphatic rings. The zero-order valence-corrected chi connectivity index (χ0v) is 37.3. The maximum atomic E-state index is 12.6. The highest BCUT2D eigenvalue weighted by atomic mass is 16.8. The van der Waals surface area contributed by atoms with Crippen molar-refractivity contribution in [1.29, 1.82) is 0 Å². The molecule has 11 nitrogen and oxygen atoms in total. The summed E-state index contributed by atoms with van der Waals surface area (Å²) in [4.78, 5) is 0. The number of hydrogen-bond donors (Lipinski definition) is 1. The molecule has 0 spiro atoms. The number of rotatable bonds is 23. The molecule has 10 atom stereocenters. The Balaban J connectivity index is 1.13. The van der Waals surface area contributed by atoms with E-state index < -0.39 is 61.4 Å². The Morgan fingerprint density at radius 3 is 1.03 bits per heavy atom. The van der Waals surface area contributed by atoms with Gasteiger partial charge in [-0.2, -0.15) is 0 Å². The third kappa shape index (κ3) is 13.5. The average Bonchev–Trinajstić information content (AvgIpc) is 3.37. The molecule has 6 aromatic carbocycles. The van der Waals surface area contributed by atoms with Crippen molar-refractivity contribution in [3.63, 3.8) is 0 Å². The van der Waals surface area contributed by atoms with Crippen LogP contribution in [0.5, 0.6) is 0 Å². The van der Waals surface area contributed by atoms with Crippen LogP contribution < -0.4 is 0 Å². The van der Waals surface area contributed by atoms with Crippen LogP contribution in [0, 0.1) is 0 Å². The summed E-state index contributed by atoms with van der Waals surface area (Å²) >= 11 is 0. The molecule has 0 aliphatic carbocycles. The van der Waals surface area contributed by atoms with Crippen LogP contribution in [0.3, 0.4) is 0 Å². The Morgan fingerprint density at radius 1 is 0.364 bits per heavy atom. The lowest BCUT2D eigenvalue weighted by Crippen LogP contribution is -2.66. The van der Waals surface area contributed by atoms with Crippen LogP contribution in [0.1, 0.15) is 33.4 Å². The topological polar surface area (TPSA) is 113 Å². The van der Waals surface area contributed by atoms with Gasteiger partial charge in [0.1, 0.15) is 48.8 Å². The van der Waals surface area contributed by atoms with E-state index in [0.717, 1.165) is 33.4 Å². The quantitative estimate of drug-likeness (QED) is 0.0668. The van der Waals surface area contributed by atoms with E-state index in [1.165, 1.54) is 0 Å². The first-order valence-electron chi connectivity index (χ1n) is 22.6. The minimum atomic E-state index is -1.35. The molecule has 0 amide bonds. The molecule has 66 heavy (non-hydrogen) atoms. The number of ether oxygens (including phenoxy) is 10. The van der Waals surface area contributed by atoms with Gasteiger partial charge in [0.15, 0.2) is 12.6 Å². The van der Waals surface area contributed by atoms with Gasteiger partial charge in [-0.25, -0.2) is 0 Å². The summed E-state index contributed by atoms with van der Waals surface area (Å²) in [6.45, 7) is 1.84. The van der Waals surface area contributed by atoms with Gasteiger partial charge in [-0.15, -0.1) is 0 Å². The summed E-state index contributed by atoms with van der Waals surface area (Å²) in [5, 5.41) is 12.6. The number of aliphatic hydroxyl groups excluding tert-OH is 1. The highest BCUT2D eigenvalue weighted by Gasteiger charge is 2.54. The molecule has 0 aromatic heterocycles. The molecule has 8 rings (SSSR count). The Bertz CT molecular complexity index is 2220. The fourth-order valence-electron chi connectivity index (χ4n) is 8.22. The molecule has 0 radical (unpaired) electrons. The lowest BCUT2D eigenvalue weighted by molar-refractivity contribution is -0.373. The van der Waals surface area contributed by atoms with E-state index in [4.69, 9.17) is 47.4 Å². The van der Waals surface area contributed by atoms with Crippen LogP contribution in [0.2, 0.25) is 0 Å². The fourth-order valence-corrected chi connectivity index (χ4v) is 8.22. The van der Waals surface area contributed by atoms with Crippen molar-refractivity contribution >= 4 is 0 Å². The van der Waals surface area contributed by atoms with Gasteiger partial charge in [0, 0.05) is 7.11 Å². The summed E-state index contributed by atoms with van der Waals surface area (Å²) in [5.74, 6) is 0. The van der Waals surface area contributed by atoms with E-state index in [1.807, 2.05) is 182 Å². The van der Waals surface area contributed by atoms with Crippen LogP contribution >= 0.6 is 0 Å². The molecule has 0 bridgehead atoms. The molecule has 2 heterocycles. The van der Waals surface area contributed by atoms with Gasteiger partial charge in [-0.1, -0.05) is 182 Å². The first-order valence-corrected chi connectivity index (χ1v) is 22.6. The number of methoxy groups -OCH3 is 1. The largest absolute Gasteiger partial charge is 0.385 e. The van der Waals surface area contributed by atoms with Crippen LogP contribution in [0.25, 0.3) is 0 Å². The summed E-state index contributed by atoms with van der Waals surface area (Å²) in [5.41, 5.74) is 5.81. The van der Waals surface area contributed by atoms with Crippen molar-refractivity contribution in [1.82, 2.24) is 0 Å². The van der Waals surface area contributed by atoms with Gasteiger partial charge < -0.3 is 52.5 Å². The second kappa shape index (κ2) is 25.1. The van der Waals surface area contributed by atoms with Crippen molar-refractivity contribution in [2.24, 2.45) is 0 Å². The van der Waals surface area contributed by atoms with Crippen LogP contribution in [0.15, 0.2) is 182 Å². The van der Waals surface area contributed by atoms with E-state index in [-0.39, 0.29) is 39.6 Å². The molecular formula is C55H60O11. The van der Waals surface area contributed by atoms with Crippen molar-refractivity contribution in [2.75, 3.05) is 20.3 Å². The predicted molar refractivity (Wildman–Crippen MR) is 247 cm³/mol. The molecule has 2 saturated heterocycles. The number of hydrogen-bond acceptors (Lipinski definition) is 11. The van der Waals surface area contributed by atoms with Crippen LogP contribution in [-0.4, -0.2) is 86.8 Å². The SMILES string of the molecule is CO[C@H]1O[C@H](COCc2ccccc2)[C@@H](OCc2ccccc2)C(O[C@@H]2O[C@H](COCc3ccccc3)[C@@H](OCc3ccccc3)[C@H](OCc3ccccc3)[C@@H]2O)[C@H]1OCc1ccccc1. The Morgan fingerprint density at radius 2 is 0.667 bits per heavy atom. The molecule has 346 valence electrons.